The fraction of sp³-hybridized carbons (Fsp3) is 0.600. The van der Waals surface area contributed by atoms with Gasteiger partial charge < -0.3 is 14.7 Å². The summed E-state index contributed by atoms with van der Waals surface area (Å²) >= 11 is 7.42. The van der Waals surface area contributed by atoms with Gasteiger partial charge in [-0.3, -0.25) is 9.59 Å². The number of hydrogen-bond donors (Lipinski definition) is 1. The number of rotatable bonds is 4. The van der Waals surface area contributed by atoms with Gasteiger partial charge in [0.1, 0.15) is 0 Å². The lowest BCUT2D eigenvalue weighted by molar-refractivity contribution is -0.157. The van der Waals surface area contributed by atoms with Crippen LogP contribution in [0.5, 0.6) is 0 Å². The Kier molecular flexibility index (Phi) is 4.43. The SMILES string of the molecule is O=C(CCc1cc(Cl)cs1)N1C[C@H]2COCC[C@@]2(C(=O)O)C1. The molecular weight excluding hydrogens is 326 g/mol. The van der Waals surface area contributed by atoms with E-state index in [4.69, 9.17) is 16.3 Å². The number of likely N-dealkylation sites (tertiary alicyclic amines) is 1. The highest BCUT2D eigenvalue weighted by molar-refractivity contribution is 7.10. The molecule has 120 valence electrons. The van der Waals surface area contributed by atoms with Gasteiger partial charge in [-0.25, -0.2) is 0 Å². The van der Waals surface area contributed by atoms with E-state index in [-0.39, 0.29) is 11.8 Å². The van der Waals surface area contributed by atoms with Gasteiger partial charge in [0.15, 0.2) is 0 Å². The molecule has 5 nitrogen and oxygen atoms in total. The van der Waals surface area contributed by atoms with Crippen molar-refractivity contribution in [2.24, 2.45) is 11.3 Å². The molecule has 0 bridgehead atoms. The molecule has 0 unspecified atom stereocenters. The van der Waals surface area contributed by atoms with E-state index < -0.39 is 11.4 Å². The van der Waals surface area contributed by atoms with Crippen LogP contribution in [0.2, 0.25) is 5.02 Å². The van der Waals surface area contributed by atoms with Crippen LogP contribution < -0.4 is 0 Å². The molecule has 1 aromatic rings. The Hall–Kier alpha value is -1.11. The number of thiophene rings is 1. The van der Waals surface area contributed by atoms with Gasteiger partial charge in [-0.15, -0.1) is 11.3 Å². The fourth-order valence-electron chi connectivity index (χ4n) is 3.36. The average molecular weight is 344 g/mol. The number of aliphatic carboxylic acids is 1. The lowest BCUT2D eigenvalue weighted by atomic mass is 9.74. The number of aryl methyl sites for hydroxylation is 1. The van der Waals surface area contributed by atoms with Gasteiger partial charge >= 0.3 is 5.97 Å². The Morgan fingerprint density at radius 2 is 2.36 bits per heavy atom. The molecule has 3 rings (SSSR count). The monoisotopic (exact) mass is 343 g/mol. The van der Waals surface area contributed by atoms with Crippen LogP contribution in [0.1, 0.15) is 17.7 Å². The standard InChI is InChI=1S/C15H18ClNO4S/c16-11-5-12(22-8-11)1-2-13(18)17-6-10-7-21-4-3-15(10,9-17)14(19)20/h5,8,10H,1-4,6-7,9H2,(H,19,20)/t10-,15+/m0/s1. The normalized spacial score (nSPS) is 27.7. The first-order chi connectivity index (χ1) is 10.5. The molecule has 2 aliphatic rings. The van der Waals surface area contributed by atoms with Gasteiger partial charge in [0, 0.05) is 42.3 Å². The maximum absolute atomic E-state index is 12.4. The number of carboxylic acids is 1. The van der Waals surface area contributed by atoms with Crippen LogP contribution in [0.3, 0.4) is 0 Å². The third-order valence-corrected chi connectivity index (χ3v) is 6.04. The van der Waals surface area contributed by atoms with E-state index in [2.05, 4.69) is 0 Å². The molecule has 0 aliphatic carbocycles. The molecule has 2 fully saturated rings. The summed E-state index contributed by atoms with van der Waals surface area (Å²) in [5, 5.41) is 12.1. The van der Waals surface area contributed by atoms with Gasteiger partial charge in [-0.05, 0) is 18.9 Å². The summed E-state index contributed by atoms with van der Waals surface area (Å²) in [6, 6.07) is 1.87. The van der Waals surface area contributed by atoms with Crippen LogP contribution in [0.25, 0.3) is 0 Å². The summed E-state index contributed by atoms with van der Waals surface area (Å²) in [6.07, 6.45) is 1.52. The van der Waals surface area contributed by atoms with Crippen LogP contribution >= 0.6 is 22.9 Å². The molecule has 0 spiro atoms. The van der Waals surface area contributed by atoms with E-state index in [1.807, 2.05) is 11.4 Å². The van der Waals surface area contributed by atoms with Crippen molar-refractivity contribution >= 4 is 34.8 Å². The van der Waals surface area contributed by atoms with Gasteiger partial charge in [-0.2, -0.15) is 0 Å². The molecule has 7 heteroatoms. The number of halogens is 1. The molecule has 1 aromatic heterocycles. The Morgan fingerprint density at radius 1 is 1.55 bits per heavy atom. The maximum Gasteiger partial charge on any atom is 0.311 e. The van der Waals surface area contributed by atoms with Gasteiger partial charge in [-0.1, -0.05) is 11.6 Å². The van der Waals surface area contributed by atoms with Gasteiger partial charge in [0.2, 0.25) is 5.91 Å². The molecule has 0 saturated carbocycles. The topological polar surface area (TPSA) is 66.8 Å². The van der Waals surface area contributed by atoms with E-state index in [1.54, 1.807) is 16.2 Å². The quantitative estimate of drug-likeness (QED) is 0.910. The van der Waals surface area contributed by atoms with Crippen molar-refractivity contribution < 1.29 is 19.4 Å². The van der Waals surface area contributed by atoms with E-state index in [0.29, 0.717) is 50.6 Å². The number of carboxylic acid groups (broad SMARTS) is 1. The highest BCUT2D eigenvalue weighted by atomic mass is 35.5. The Labute approximate surface area is 137 Å². The van der Waals surface area contributed by atoms with Gasteiger partial charge in [0.25, 0.3) is 0 Å². The van der Waals surface area contributed by atoms with Crippen molar-refractivity contribution in [2.75, 3.05) is 26.3 Å². The van der Waals surface area contributed by atoms with Crippen molar-refractivity contribution in [3.63, 3.8) is 0 Å². The number of carbonyl (C=O) groups is 2. The number of fused-ring (bicyclic) bond motifs is 1. The van der Waals surface area contributed by atoms with Crippen molar-refractivity contribution in [3.8, 4) is 0 Å². The van der Waals surface area contributed by atoms with Crippen LogP contribution in [0.4, 0.5) is 0 Å². The second-order valence-electron chi connectivity index (χ2n) is 5.99. The molecule has 3 heterocycles. The lowest BCUT2D eigenvalue weighted by Crippen LogP contribution is -2.45. The minimum absolute atomic E-state index is 0.0135. The van der Waals surface area contributed by atoms with E-state index >= 15 is 0 Å². The maximum atomic E-state index is 12.4. The minimum Gasteiger partial charge on any atom is -0.481 e. The average Bonchev–Trinajstić information content (AvgIpc) is 3.08. The molecular formula is C15H18ClNO4S. The highest BCUT2D eigenvalue weighted by Gasteiger charge is 2.54. The van der Waals surface area contributed by atoms with Crippen LogP contribution in [0.15, 0.2) is 11.4 Å². The highest BCUT2D eigenvalue weighted by Crippen LogP contribution is 2.42. The molecule has 2 aliphatic heterocycles. The first kappa shape index (κ1) is 15.8. The number of carbonyl (C=O) groups excluding carboxylic acids is 1. The molecule has 22 heavy (non-hydrogen) atoms. The number of nitrogens with zero attached hydrogens (tertiary/aromatic N) is 1. The van der Waals surface area contributed by atoms with Crippen molar-refractivity contribution in [1.29, 1.82) is 0 Å². The van der Waals surface area contributed by atoms with Crippen molar-refractivity contribution in [2.45, 2.75) is 19.3 Å². The summed E-state index contributed by atoms with van der Waals surface area (Å²) in [5.41, 5.74) is -0.819. The number of amides is 1. The minimum atomic E-state index is -0.819. The summed E-state index contributed by atoms with van der Waals surface area (Å²) < 4.78 is 5.40. The van der Waals surface area contributed by atoms with Crippen LogP contribution in [-0.2, 0) is 20.7 Å². The van der Waals surface area contributed by atoms with Crippen LogP contribution in [-0.4, -0.2) is 48.2 Å². The van der Waals surface area contributed by atoms with E-state index in [1.165, 1.54) is 0 Å². The van der Waals surface area contributed by atoms with E-state index in [9.17, 15) is 14.7 Å². The zero-order valence-electron chi connectivity index (χ0n) is 12.1. The lowest BCUT2D eigenvalue weighted by Gasteiger charge is -2.33. The first-order valence-corrected chi connectivity index (χ1v) is 8.59. The summed E-state index contributed by atoms with van der Waals surface area (Å²) in [6.45, 7) is 1.67. The third kappa shape index (κ3) is 2.87. The predicted molar refractivity (Wildman–Crippen MR) is 83.2 cm³/mol. The van der Waals surface area contributed by atoms with Crippen molar-refractivity contribution in [3.05, 3.63) is 21.3 Å². The zero-order chi connectivity index (χ0) is 15.7. The second-order valence-corrected chi connectivity index (χ2v) is 7.42. The second kappa shape index (κ2) is 6.18. The number of ether oxygens (including phenoxy) is 1. The Morgan fingerprint density at radius 3 is 3.00 bits per heavy atom. The molecule has 0 radical (unpaired) electrons. The smallest absolute Gasteiger partial charge is 0.311 e. The third-order valence-electron chi connectivity index (χ3n) is 4.69. The fourth-order valence-corrected chi connectivity index (χ4v) is 4.44. The summed E-state index contributed by atoms with van der Waals surface area (Å²) in [7, 11) is 0. The molecule has 2 saturated heterocycles. The Balaban J connectivity index is 1.63. The van der Waals surface area contributed by atoms with Crippen molar-refractivity contribution in [1.82, 2.24) is 4.90 Å². The molecule has 1 N–H and O–H groups in total. The molecule has 1 amide bonds. The zero-order valence-corrected chi connectivity index (χ0v) is 13.7. The number of hydrogen-bond acceptors (Lipinski definition) is 4. The molecule has 2 atom stereocenters. The predicted octanol–water partition coefficient (Wildman–Crippen LogP) is 2.28. The summed E-state index contributed by atoms with van der Waals surface area (Å²) in [5.74, 6) is -0.889. The van der Waals surface area contributed by atoms with Gasteiger partial charge in [0.05, 0.1) is 17.0 Å². The molecule has 0 aromatic carbocycles. The van der Waals surface area contributed by atoms with Crippen LogP contribution in [0, 0.1) is 11.3 Å². The largest absolute Gasteiger partial charge is 0.481 e. The van der Waals surface area contributed by atoms with E-state index in [0.717, 1.165) is 4.88 Å². The summed E-state index contributed by atoms with van der Waals surface area (Å²) in [4.78, 5) is 26.9. The first-order valence-electron chi connectivity index (χ1n) is 7.33. The Bertz CT molecular complexity index is 590.